The molecule has 0 saturated heterocycles. The van der Waals surface area contributed by atoms with Gasteiger partial charge in [-0.1, -0.05) is 41.6 Å². The zero-order valence-electron chi connectivity index (χ0n) is 12.0. The van der Waals surface area contributed by atoms with Crippen molar-refractivity contribution in [2.24, 2.45) is 0 Å². The average Bonchev–Trinajstić information content (AvgIpc) is 3.05. The summed E-state index contributed by atoms with van der Waals surface area (Å²) in [5, 5.41) is 22.8. The van der Waals surface area contributed by atoms with Gasteiger partial charge in [0.2, 0.25) is 5.76 Å². The van der Waals surface area contributed by atoms with Gasteiger partial charge >= 0.3 is 5.97 Å². The number of aromatic carboxylic acids is 1. The van der Waals surface area contributed by atoms with Crippen LogP contribution < -0.4 is 4.74 Å². The second kappa shape index (κ2) is 6.23. The summed E-state index contributed by atoms with van der Waals surface area (Å²) in [5.74, 6) is -1.35. The number of para-hydroxylation sites is 1. The van der Waals surface area contributed by atoms with Gasteiger partial charge in [-0.05, 0) is 17.7 Å². The fraction of sp³-hybridized carbons (Fsp3) is 0.0588. The van der Waals surface area contributed by atoms with Crippen LogP contribution in [0, 0.1) is 0 Å². The van der Waals surface area contributed by atoms with Crippen LogP contribution in [0.2, 0.25) is 0 Å². The zero-order valence-corrected chi connectivity index (χ0v) is 12.0. The van der Waals surface area contributed by atoms with Crippen LogP contribution >= 0.6 is 0 Å². The van der Waals surface area contributed by atoms with Gasteiger partial charge in [0.25, 0.3) is 0 Å². The molecule has 6 nitrogen and oxygen atoms in total. The summed E-state index contributed by atoms with van der Waals surface area (Å²) >= 11 is 0. The molecule has 2 N–H and O–H groups in total. The van der Waals surface area contributed by atoms with E-state index in [2.05, 4.69) is 5.16 Å². The summed E-state index contributed by atoms with van der Waals surface area (Å²) in [7, 11) is 0. The summed E-state index contributed by atoms with van der Waals surface area (Å²) in [4.78, 5) is 10.8. The molecule has 0 fully saturated rings. The molecular formula is C17H13NO5. The third-order valence-corrected chi connectivity index (χ3v) is 3.23. The first kappa shape index (κ1) is 14.6. The van der Waals surface area contributed by atoms with Gasteiger partial charge in [-0.2, -0.15) is 0 Å². The molecule has 0 atom stereocenters. The van der Waals surface area contributed by atoms with E-state index in [1.54, 1.807) is 18.2 Å². The predicted octanol–water partition coefficient (Wildman–Crippen LogP) is 3.32. The molecule has 0 saturated carbocycles. The van der Waals surface area contributed by atoms with Gasteiger partial charge in [0.1, 0.15) is 12.3 Å². The molecule has 1 heterocycles. The lowest BCUT2D eigenvalue weighted by molar-refractivity contribution is 0.0652. The minimum Gasteiger partial charge on any atom is -0.504 e. The first-order chi connectivity index (χ1) is 11.1. The summed E-state index contributed by atoms with van der Waals surface area (Å²) in [6.45, 7) is 0.303. The fourth-order valence-corrected chi connectivity index (χ4v) is 2.08. The highest BCUT2D eigenvalue weighted by atomic mass is 16.5. The number of carbonyl (C=O) groups is 1. The number of phenolic OH excluding ortho intramolecular Hbond substituents is 1. The fourth-order valence-electron chi connectivity index (χ4n) is 2.08. The van der Waals surface area contributed by atoms with Crippen molar-refractivity contribution in [3.05, 3.63) is 65.9 Å². The first-order valence-corrected chi connectivity index (χ1v) is 6.84. The third-order valence-electron chi connectivity index (χ3n) is 3.23. The Bertz CT molecular complexity index is 826. The lowest BCUT2D eigenvalue weighted by Gasteiger charge is -2.10. The lowest BCUT2D eigenvalue weighted by atomic mass is 10.1. The molecule has 3 aromatic rings. The quantitative estimate of drug-likeness (QED) is 0.751. The molecule has 1 aromatic heterocycles. The molecule has 0 radical (unpaired) electrons. The van der Waals surface area contributed by atoms with Gasteiger partial charge in [0.05, 0.1) is 0 Å². The van der Waals surface area contributed by atoms with Crippen molar-refractivity contribution in [3.8, 4) is 22.8 Å². The van der Waals surface area contributed by atoms with Gasteiger partial charge in [0, 0.05) is 11.6 Å². The molecule has 0 aliphatic carbocycles. The van der Waals surface area contributed by atoms with Crippen LogP contribution in [-0.2, 0) is 6.61 Å². The smallest absolute Gasteiger partial charge is 0.374 e. The monoisotopic (exact) mass is 311 g/mol. The highest BCUT2D eigenvalue weighted by Gasteiger charge is 2.17. The summed E-state index contributed by atoms with van der Waals surface area (Å²) in [5.41, 5.74) is 1.53. The van der Waals surface area contributed by atoms with Crippen LogP contribution in [0.25, 0.3) is 11.3 Å². The van der Waals surface area contributed by atoms with Gasteiger partial charge in [0.15, 0.2) is 11.5 Å². The molecule has 23 heavy (non-hydrogen) atoms. The first-order valence-electron chi connectivity index (χ1n) is 6.84. The molecular weight excluding hydrogens is 298 g/mol. The minimum atomic E-state index is -1.22. The maximum absolute atomic E-state index is 10.8. The van der Waals surface area contributed by atoms with E-state index in [1.165, 1.54) is 6.07 Å². The molecule has 0 spiro atoms. The van der Waals surface area contributed by atoms with Crippen LogP contribution in [0.5, 0.6) is 11.5 Å². The molecule has 0 unspecified atom stereocenters. The van der Waals surface area contributed by atoms with E-state index < -0.39 is 5.97 Å². The van der Waals surface area contributed by atoms with Crippen LogP contribution in [0.4, 0.5) is 0 Å². The Morgan fingerprint density at radius 3 is 2.61 bits per heavy atom. The van der Waals surface area contributed by atoms with E-state index in [-0.39, 0.29) is 23.0 Å². The zero-order chi connectivity index (χ0) is 16.2. The highest BCUT2D eigenvalue weighted by molar-refractivity contribution is 5.86. The molecule has 0 amide bonds. The van der Waals surface area contributed by atoms with E-state index in [4.69, 9.17) is 14.4 Å². The predicted molar refractivity (Wildman–Crippen MR) is 81.3 cm³/mol. The van der Waals surface area contributed by atoms with Crippen molar-refractivity contribution in [2.75, 3.05) is 0 Å². The largest absolute Gasteiger partial charge is 0.504 e. The molecule has 0 aliphatic heterocycles. The molecule has 6 heteroatoms. The van der Waals surface area contributed by atoms with Crippen molar-refractivity contribution in [1.29, 1.82) is 0 Å². The van der Waals surface area contributed by atoms with Gasteiger partial charge < -0.3 is 19.5 Å². The number of aromatic nitrogens is 1. The maximum Gasteiger partial charge on any atom is 0.374 e. The van der Waals surface area contributed by atoms with E-state index in [9.17, 15) is 9.90 Å². The Balaban J connectivity index is 1.84. The Morgan fingerprint density at radius 1 is 1.13 bits per heavy atom. The van der Waals surface area contributed by atoms with Crippen LogP contribution in [-0.4, -0.2) is 21.3 Å². The van der Waals surface area contributed by atoms with Crippen molar-refractivity contribution in [1.82, 2.24) is 5.16 Å². The SMILES string of the molecule is O=C(O)c1cc(-c2cccc(OCc3ccccc3)c2O)no1. The van der Waals surface area contributed by atoms with Crippen molar-refractivity contribution < 1.29 is 24.3 Å². The number of hydrogen-bond acceptors (Lipinski definition) is 5. The third kappa shape index (κ3) is 3.16. The number of carboxylic acids is 1. The Kier molecular flexibility index (Phi) is 3.97. The number of ether oxygens (including phenoxy) is 1. The average molecular weight is 311 g/mol. The second-order valence-electron chi connectivity index (χ2n) is 4.81. The van der Waals surface area contributed by atoms with E-state index in [0.29, 0.717) is 12.2 Å². The maximum atomic E-state index is 10.8. The van der Waals surface area contributed by atoms with Gasteiger partial charge in [-0.3, -0.25) is 0 Å². The van der Waals surface area contributed by atoms with E-state index >= 15 is 0 Å². The summed E-state index contributed by atoms with van der Waals surface area (Å²) < 4.78 is 10.3. The van der Waals surface area contributed by atoms with E-state index in [1.807, 2.05) is 30.3 Å². The normalized spacial score (nSPS) is 10.4. The Labute approximate surface area is 131 Å². The van der Waals surface area contributed by atoms with E-state index in [0.717, 1.165) is 5.56 Å². The number of phenols is 1. The van der Waals surface area contributed by atoms with Crippen molar-refractivity contribution in [2.45, 2.75) is 6.61 Å². The second-order valence-corrected chi connectivity index (χ2v) is 4.81. The molecule has 0 aliphatic rings. The van der Waals surface area contributed by atoms with Crippen LogP contribution in [0.1, 0.15) is 16.1 Å². The van der Waals surface area contributed by atoms with Crippen LogP contribution in [0.15, 0.2) is 59.1 Å². The number of rotatable bonds is 5. The number of benzene rings is 2. The summed E-state index contributed by atoms with van der Waals surface area (Å²) in [6, 6.07) is 15.7. The topological polar surface area (TPSA) is 92.8 Å². The number of aromatic hydroxyl groups is 1. The molecule has 2 aromatic carbocycles. The Hall–Kier alpha value is -3.28. The van der Waals surface area contributed by atoms with Crippen molar-refractivity contribution >= 4 is 5.97 Å². The Morgan fingerprint density at radius 2 is 1.91 bits per heavy atom. The van der Waals surface area contributed by atoms with Gasteiger partial charge in [-0.15, -0.1) is 0 Å². The lowest BCUT2D eigenvalue weighted by Crippen LogP contribution is -1.96. The number of hydrogen-bond donors (Lipinski definition) is 2. The highest BCUT2D eigenvalue weighted by Crippen LogP contribution is 2.37. The molecule has 116 valence electrons. The van der Waals surface area contributed by atoms with Crippen LogP contribution in [0.3, 0.4) is 0 Å². The summed E-state index contributed by atoms with van der Waals surface area (Å²) in [6.07, 6.45) is 0. The van der Waals surface area contributed by atoms with Crippen molar-refractivity contribution in [3.63, 3.8) is 0 Å². The molecule has 0 bridgehead atoms. The van der Waals surface area contributed by atoms with Gasteiger partial charge in [-0.25, -0.2) is 4.79 Å². The molecule has 3 rings (SSSR count). The number of nitrogens with zero attached hydrogens (tertiary/aromatic N) is 1. The standard InChI is InChI=1S/C17H13NO5/c19-16-12(13-9-15(17(20)21)23-18-13)7-4-8-14(16)22-10-11-5-2-1-3-6-11/h1-9,19H,10H2,(H,20,21). The number of carboxylic acid groups (broad SMARTS) is 1. The minimum absolute atomic E-state index is 0.117.